The van der Waals surface area contributed by atoms with Crippen LogP contribution in [0.3, 0.4) is 0 Å². The van der Waals surface area contributed by atoms with Crippen LogP contribution in [0.5, 0.6) is 0 Å². The zero-order valence-electron chi connectivity index (χ0n) is 15.3. The smallest absolute Gasteiger partial charge is 0.313 e. The number of nitrogens with one attached hydrogen (secondary N) is 2. The molecule has 1 aromatic heterocycles. The molecule has 2 heterocycles. The number of amides is 2. The number of nitrogens with zero attached hydrogens (tertiary/aromatic N) is 1. The summed E-state index contributed by atoms with van der Waals surface area (Å²) in [5.41, 5.74) is 2.48. The summed E-state index contributed by atoms with van der Waals surface area (Å²) in [6, 6.07) is 7.41. The molecule has 2 amide bonds. The van der Waals surface area contributed by atoms with Crippen molar-refractivity contribution in [3.63, 3.8) is 0 Å². The molecule has 0 spiro atoms. The van der Waals surface area contributed by atoms with Gasteiger partial charge in [0.25, 0.3) is 0 Å². The van der Waals surface area contributed by atoms with Gasteiger partial charge in [-0.25, -0.2) is 0 Å². The Morgan fingerprint density at radius 1 is 1.19 bits per heavy atom. The van der Waals surface area contributed by atoms with Crippen molar-refractivity contribution >= 4 is 40.4 Å². The first-order valence-corrected chi connectivity index (χ1v) is 10.5. The molecule has 3 rings (SSSR count). The normalized spacial score (nSPS) is 15.9. The standard InChI is InChI=1S/C20H24ClN3O2S/c1-14-16(21)6-5-7-17(14)23-20(26)19(25)22-12-18(15-8-11-27-13-15)24-9-3-2-4-10-24/h5-8,11,13,18H,2-4,9-10,12H2,1H3,(H,22,25)(H,23,26). The summed E-state index contributed by atoms with van der Waals surface area (Å²) in [5, 5.41) is 10.2. The Hall–Kier alpha value is -1.89. The number of piperidine rings is 1. The van der Waals surface area contributed by atoms with E-state index in [-0.39, 0.29) is 6.04 Å². The van der Waals surface area contributed by atoms with Crippen molar-refractivity contribution < 1.29 is 9.59 Å². The Kier molecular flexibility index (Phi) is 6.88. The minimum Gasteiger partial charge on any atom is -0.346 e. The second kappa shape index (κ2) is 9.35. The van der Waals surface area contributed by atoms with E-state index in [1.807, 2.05) is 5.38 Å². The van der Waals surface area contributed by atoms with E-state index in [4.69, 9.17) is 11.6 Å². The number of carbonyl (C=O) groups is 2. The maximum absolute atomic E-state index is 12.3. The van der Waals surface area contributed by atoms with Gasteiger partial charge in [0.2, 0.25) is 0 Å². The van der Waals surface area contributed by atoms with Crippen LogP contribution in [0.1, 0.15) is 36.4 Å². The molecule has 1 aliphatic heterocycles. The van der Waals surface area contributed by atoms with Crippen molar-refractivity contribution in [2.75, 3.05) is 25.0 Å². The second-order valence-electron chi connectivity index (χ2n) is 6.75. The van der Waals surface area contributed by atoms with E-state index in [0.29, 0.717) is 17.3 Å². The molecule has 1 saturated heterocycles. The Morgan fingerprint density at radius 2 is 1.96 bits per heavy atom. The van der Waals surface area contributed by atoms with Crippen LogP contribution in [0.25, 0.3) is 0 Å². The molecule has 1 unspecified atom stereocenters. The van der Waals surface area contributed by atoms with E-state index < -0.39 is 11.8 Å². The molecule has 7 heteroatoms. The molecular weight excluding hydrogens is 382 g/mol. The third-order valence-electron chi connectivity index (χ3n) is 4.94. The summed E-state index contributed by atoms with van der Waals surface area (Å²) in [6.07, 6.45) is 3.59. The SMILES string of the molecule is Cc1c(Cl)cccc1NC(=O)C(=O)NCC(c1ccsc1)N1CCCCC1. The molecule has 1 fully saturated rings. The molecule has 0 aliphatic carbocycles. The van der Waals surface area contributed by atoms with Crippen LogP contribution in [-0.2, 0) is 9.59 Å². The van der Waals surface area contributed by atoms with E-state index in [0.717, 1.165) is 18.7 Å². The number of carbonyl (C=O) groups excluding carboxylic acids is 2. The number of hydrogen-bond donors (Lipinski definition) is 2. The summed E-state index contributed by atoms with van der Waals surface area (Å²) in [4.78, 5) is 27.0. The Bertz CT molecular complexity index is 789. The molecular formula is C20H24ClN3O2S. The van der Waals surface area contributed by atoms with Crippen molar-refractivity contribution in [2.24, 2.45) is 0 Å². The van der Waals surface area contributed by atoms with Crippen LogP contribution in [0.4, 0.5) is 5.69 Å². The molecule has 0 bridgehead atoms. The Labute approximate surface area is 168 Å². The third-order valence-corrected chi connectivity index (χ3v) is 6.05. The quantitative estimate of drug-likeness (QED) is 0.739. The average molecular weight is 406 g/mol. The molecule has 0 radical (unpaired) electrons. The lowest BCUT2D eigenvalue weighted by Gasteiger charge is -2.34. The molecule has 144 valence electrons. The van der Waals surface area contributed by atoms with Gasteiger partial charge in [0.1, 0.15) is 0 Å². The first-order chi connectivity index (χ1) is 13.1. The number of thiophene rings is 1. The first kappa shape index (κ1) is 19.9. The number of anilines is 1. The third kappa shape index (κ3) is 5.09. The van der Waals surface area contributed by atoms with Crippen LogP contribution < -0.4 is 10.6 Å². The van der Waals surface area contributed by atoms with Crippen molar-refractivity contribution in [3.05, 3.63) is 51.2 Å². The lowest BCUT2D eigenvalue weighted by atomic mass is 10.0. The summed E-state index contributed by atoms with van der Waals surface area (Å²) in [5.74, 6) is -1.31. The highest BCUT2D eigenvalue weighted by Crippen LogP contribution is 2.26. The number of halogens is 1. The number of rotatable bonds is 5. The predicted octanol–water partition coefficient (Wildman–Crippen LogP) is 3.99. The lowest BCUT2D eigenvalue weighted by Crippen LogP contribution is -2.43. The van der Waals surface area contributed by atoms with Gasteiger partial charge >= 0.3 is 11.8 Å². The average Bonchev–Trinajstić information content (AvgIpc) is 3.20. The minimum absolute atomic E-state index is 0.0983. The molecule has 27 heavy (non-hydrogen) atoms. The second-order valence-corrected chi connectivity index (χ2v) is 7.93. The van der Waals surface area contributed by atoms with Gasteiger partial charge in [-0.1, -0.05) is 24.1 Å². The molecule has 2 aromatic rings. The predicted molar refractivity (Wildman–Crippen MR) is 110 cm³/mol. The highest BCUT2D eigenvalue weighted by atomic mass is 35.5. The van der Waals surface area contributed by atoms with Crippen molar-refractivity contribution in [2.45, 2.75) is 32.2 Å². The van der Waals surface area contributed by atoms with Gasteiger partial charge in [-0.05, 0) is 72.9 Å². The zero-order valence-corrected chi connectivity index (χ0v) is 16.9. The highest BCUT2D eigenvalue weighted by molar-refractivity contribution is 7.08. The summed E-state index contributed by atoms with van der Waals surface area (Å²) in [7, 11) is 0. The van der Waals surface area contributed by atoms with Gasteiger partial charge in [0.05, 0.1) is 6.04 Å². The maximum Gasteiger partial charge on any atom is 0.313 e. The largest absolute Gasteiger partial charge is 0.346 e. The topological polar surface area (TPSA) is 61.4 Å². The van der Waals surface area contributed by atoms with E-state index in [1.54, 1.807) is 36.5 Å². The van der Waals surface area contributed by atoms with Crippen LogP contribution in [-0.4, -0.2) is 36.3 Å². The Balaban J connectivity index is 1.61. The maximum atomic E-state index is 12.3. The summed E-state index contributed by atoms with van der Waals surface area (Å²) in [6.45, 7) is 4.25. The Morgan fingerprint density at radius 3 is 2.67 bits per heavy atom. The van der Waals surface area contributed by atoms with Gasteiger partial charge in [-0.15, -0.1) is 0 Å². The van der Waals surface area contributed by atoms with Crippen molar-refractivity contribution in [3.8, 4) is 0 Å². The summed E-state index contributed by atoms with van der Waals surface area (Å²) < 4.78 is 0. The van der Waals surface area contributed by atoms with Gasteiger partial charge < -0.3 is 10.6 Å². The van der Waals surface area contributed by atoms with Gasteiger partial charge in [0.15, 0.2) is 0 Å². The molecule has 0 saturated carbocycles. The number of hydrogen-bond acceptors (Lipinski definition) is 4. The fraction of sp³-hybridized carbons (Fsp3) is 0.400. The molecule has 5 nitrogen and oxygen atoms in total. The highest BCUT2D eigenvalue weighted by Gasteiger charge is 2.24. The van der Waals surface area contributed by atoms with Gasteiger partial charge in [-0.2, -0.15) is 11.3 Å². The van der Waals surface area contributed by atoms with Crippen LogP contribution in [0, 0.1) is 6.92 Å². The van der Waals surface area contributed by atoms with E-state index in [2.05, 4.69) is 27.0 Å². The molecule has 2 N–H and O–H groups in total. The first-order valence-electron chi connectivity index (χ1n) is 9.16. The lowest BCUT2D eigenvalue weighted by molar-refractivity contribution is -0.136. The zero-order chi connectivity index (χ0) is 19.2. The van der Waals surface area contributed by atoms with Crippen LogP contribution in [0.15, 0.2) is 35.0 Å². The monoisotopic (exact) mass is 405 g/mol. The number of likely N-dealkylation sites (tertiary alicyclic amines) is 1. The number of benzene rings is 1. The fourth-order valence-corrected chi connectivity index (χ4v) is 4.23. The van der Waals surface area contributed by atoms with Crippen LogP contribution >= 0.6 is 22.9 Å². The fourth-order valence-electron chi connectivity index (χ4n) is 3.34. The summed E-state index contributed by atoms with van der Waals surface area (Å²) >= 11 is 7.71. The minimum atomic E-state index is -0.678. The van der Waals surface area contributed by atoms with Gasteiger partial charge in [-0.3, -0.25) is 14.5 Å². The molecule has 1 aliphatic rings. The van der Waals surface area contributed by atoms with Crippen LogP contribution in [0.2, 0.25) is 5.02 Å². The van der Waals surface area contributed by atoms with Crippen molar-refractivity contribution in [1.82, 2.24) is 10.2 Å². The molecule has 1 aromatic carbocycles. The van der Waals surface area contributed by atoms with Crippen molar-refractivity contribution in [1.29, 1.82) is 0 Å². The van der Waals surface area contributed by atoms with Gasteiger partial charge in [0, 0.05) is 17.3 Å². The van der Waals surface area contributed by atoms with E-state index in [1.165, 1.54) is 24.8 Å². The molecule has 1 atom stereocenters. The van der Waals surface area contributed by atoms with E-state index in [9.17, 15) is 9.59 Å². The van der Waals surface area contributed by atoms with E-state index >= 15 is 0 Å².